The fourth-order valence-corrected chi connectivity index (χ4v) is 2.90. The number of fused-ring (bicyclic) bond motifs is 1. The standard InChI is InChI=1S/C14H15Cl2NO6/c15-7-2-1-6-3-4-17(10(6)9(7)16)23-14-13(21)12(20)11(19)8(5-18)22-14/h1-4,8,11-14,18-21H,5H2/t8-,11+,12+,13-,14+/m1/s1. The molecule has 9 heteroatoms. The van der Waals surface area contributed by atoms with Crippen LogP contribution in [0.25, 0.3) is 10.9 Å². The highest BCUT2D eigenvalue weighted by atomic mass is 35.5. The molecule has 1 aromatic carbocycles. The first-order valence-electron chi connectivity index (χ1n) is 6.86. The minimum Gasteiger partial charge on any atom is -0.394 e. The lowest BCUT2D eigenvalue weighted by Crippen LogP contribution is -2.61. The highest BCUT2D eigenvalue weighted by Gasteiger charge is 2.45. The van der Waals surface area contributed by atoms with E-state index in [1.807, 2.05) is 0 Å². The van der Waals surface area contributed by atoms with E-state index in [0.29, 0.717) is 10.5 Å². The van der Waals surface area contributed by atoms with Crippen molar-refractivity contribution in [3.8, 4) is 0 Å². The minimum absolute atomic E-state index is 0.263. The van der Waals surface area contributed by atoms with Crippen LogP contribution in [0.5, 0.6) is 0 Å². The second kappa shape index (κ2) is 6.45. The first-order chi connectivity index (χ1) is 10.9. The van der Waals surface area contributed by atoms with Crippen LogP contribution in [-0.2, 0) is 4.74 Å². The van der Waals surface area contributed by atoms with Crippen molar-refractivity contribution in [3.05, 3.63) is 34.4 Å². The molecule has 5 atom stereocenters. The van der Waals surface area contributed by atoms with E-state index in [2.05, 4.69) is 0 Å². The second-order valence-corrected chi connectivity index (χ2v) is 6.03. The van der Waals surface area contributed by atoms with Crippen LogP contribution in [0.15, 0.2) is 24.4 Å². The second-order valence-electron chi connectivity index (χ2n) is 5.24. The van der Waals surface area contributed by atoms with E-state index >= 15 is 0 Å². The predicted molar refractivity (Wildman–Crippen MR) is 82.3 cm³/mol. The number of nitrogens with zero attached hydrogens (tertiary/aromatic N) is 1. The maximum Gasteiger partial charge on any atom is 0.254 e. The largest absolute Gasteiger partial charge is 0.394 e. The van der Waals surface area contributed by atoms with Gasteiger partial charge in [0.2, 0.25) is 0 Å². The summed E-state index contributed by atoms with van der Waals surface area (Å²) in [5.41, 5.74) is 0.469. The monoisotopic (exact) mass is 363 g/mol. The summed E-state index contributed by atoms with van der Waals surface area (Å²) >= 11 is 12.2. The zero-order chi connectivity index (χ0) is 16.7. The van der Waals surface area contributed by atoms with Gasteiger partial charge in [-0.2, -0.15) is 4.73 Å². The molecule has 1 saturated heterocycles. The maximum atomic E-state index is 10.0. The Balaban J connectivity index is 1.91. The van der Waals surface area contributed by atoms with Gasteiger partial charge in [-0.15, -0.1) is 0 Å². The van der Waals surface area contributed by atoms with Gasteiger partial charge >= 0.3 is 0 Å². The van der Waals surface area contributed by atoms with Gasteiger partial charge in [0.05, 0.1) is 16.7 Å². The molecule has 2 heterocycles. The average Bonchev–Trinajstić information content (AvgIpc) is 2.95. The number of aromatic nitrogens is 1. The molecule has 0 bridgehead atoms. The zero-order valence-electron chi connectivity index (χ0n) is 11.7. The van der Waals surface area contributed by atoms with Gasteiger partial charge in [0.1, 0.15) is 29.9 Å². The van der Waals surface area contributed by atoms with Crippen molar-refractivity contribution >= 4 is 34.1 Å². The molecule has 0 spiro atoms. The number of rotatable bonds is 3. The van der Waals surface area contributed by atoms with Gasteiger partial charge in [-0.05, 0) is 12.1 Å². The molecule has 2 aromatic rings. The van der Waals surface area contributed by atoms with Crippen LogP contribution in [0.4, 0.5) is 0 Å². The molecule has 1 aromatic heterocycles. The SMILES string of the molecule is OC[C@H]1O[C@@H](On2ccc3ccc(Cl)c(Cl)c32)[C@H](O)[C@@H](O)[C@H]1O. The molecule has 0 aliphatic carbocycles. The highest BCUT2D eigenvalue weighted by Crippen LogP contribution is 2.31. The molecule has 7 nitrogen and oxygen atoms in total. The molecule has 23 heavy (non-hydrogen) atoms. The van der Waals surface area contributed by atoms with Crippen molar-refractivity contribution in [2.75, 3.05) is 6.61 Å². The Kier molecular flexibility index (Phi) is 4.70. The Hall–Kier alpha value is -1.06. The van der Waals surface area contributed by atoms with E-state index in [1.165, 1.54) is 4.73 Å². The molecule has 1 aliphatic heterocycles. The molecule has 0 unspecified atom stereocenters. The molecule has 0 saturated carbocycles. The van der Waals surface area contributed by atoms with Crippen molar-refractivity contribution in [2.45, 2.75) is 30.7 Å². The summed E-state index contributed by atoms with van der Waals surface area (Å²) in [5.74, 6) is 0. The van der Waals surface area contributed by atoms with Crippen molar-refractivity contribution in [1.29, 1.82) is 0 Å². The first-order valence-corrected chi connectivity index (χ1v) is 7.62. The molecule has 1 fully saturated rings. The van der Waals surface area contributed by atoms with Crippen LogP contribution >= 0.6 is 23.2 Å². The number of ether oxygens (including phenoxy) is 1. The van der Waals surface area contributed by atoms with E-state index in [9.17, 15) is 20.4 Å². The smallest absolute Gasteiger partial charge is 0.254 e. The van der Waals surface area contributed by atoms with E-state index in [-0.39, 0.29) is 5.02 Å². The summed E-state index contributed by atoms with van der Waals surface area (Å²) in [7, 11) is 0. The number of benzene rings is 1. The van der Waals surface area contributed by atoms with Crippen LogP contribution in [0.2, 0.25) is 10.0 Å². The normalized spacial score (nSPS) is 31.5. The van der Waals surface area contributed by atoms with Crippen LogP contribution in [-0.4, -0.2) is 62.5 Å². The van der Waals surface area contributed by atoms with Gasteiger partial charge < -0.3 is 30.0 Å². The molecule has 3 rings (SSSR count). The number of hydrogen-bond donors (Lipinski definition) is 4. The van der Waals surface area contributed by atoms with Gasteiger partial charge in [0, 0.05) is 11.6 Å². The zero-order valence-corrected chi connectivity index (χ0v) is 13.2. The quantitative estimate of drug-likeness (QED) is 0.619. The van der Waals surface area contributed by atoms with Gasteiger partial charge in [-0.3, -0.25) is 0 Å². The van der Waals surface area contributed by atoms with Crippen molar-refractivity contribution in [2.24, 2.45) is 0 Å². The van der Waals surface area contributed by atoms with E-state index < -0.39 is 37.3 Å². The summed E-state index contributed by atoms with van der Waals surface area (Å²) < 4.78 is 6.55. The molecular formula is C14H15Cl2NO6. The summed E-state index contributed by atoms with van der Waals surface area (Å²) in [5, 5.41) is 40.1. The Labute approximate surface area is 141 Å². The van der Waals surface area contributed by atoms with E-state index in [4.69, 9.17) is 32.8 Å². The van der Waals surface area contributed by atoms with Crippen LogP contribution in [0.1, 0.15) is 0 Å². The first kappa shape index (κ1) is 16.8. The van der Waals surface area contributed by atoms with E-state index in [0.717, 1.165) is 5.39 Å². The third kappa shape index (κ3) is 2.89. The minimum atomic E-state index is -1.52. The van der Waals surface area contributed by atoms with Crippen molar-refractivity contribution in [3.63, 3.8) is 0 Å². The lowest BCUT2D eigenvalue weighted by atomic mass is 9.99. The summed E-state index contributed by atoms with van der Waals surface area (Å²) in [6.07, 6.45) is -5.30. The van der Waals surface area contributed by atoms with Gasteiger partial charge in [-0.1, -0.05) is 29.3 Å². The Morgan fingerprint density at radius 3 is 2.52 bits per heavy atom. The fourth-order valence-electron chi connectivity index (χ4n) is 2.49. The molecule has 0 amide bonds. The summed E-state index contributed by atoms with van der Waals surface area (Å²) in [6.45, 7) is -0.538. The molecule has 0 radical (unpaired) electrons. The van der Waals surface area contributed by atoms with Crippen LogP contribution in [0.3, 0.4) is 0 Å². The average molecular weight is 364 g/mol. The summed E-state index contributed by atoms with van der Waals surface area (Å²) in [4.78, 5) is 5.53. The number of hydrogen-bond acceptors (Lipinski definition) is 6. The van der Waals surface area contributed by atoms with E-state index in [1.54, 1.807) is 24.4 Å². The molecular weight excluding hydrogens is 349 g/mol. The lowest BCUT2D eigenvalue weighted by molar-refractivity contribution is -0.299. The highest BCUT2D eigenvalue weighted by molar-refractivity contribution is 6.45. The third-order valence-electron chi connectivity index (χ3n) is 3.78. The van der Waals surface area contributed by atoms with Crippen molar-refractivity contribution < 1.29 is 30.0 Å². The summed E-state index contributed by atoms with van der Waals surface area (Å²) in [6, 6.07) is 5.11. The van der Waals surface area contributed by atoms with Gasteiger partial charge in [0.15, 0.2) is 0 Å². The maximum absolute atomic E-state index is 10.0. The molecule has 1 aliphatic rings. The lowest BCUT2D eigenvalue weighted by Gasteiger charge is -2.39. The number of aliphatic hydroxyl groups excluding tert-OH is 4. The Bertz CT molecular complexity index is 706. The predicted octanol–water partition coefficient (Wildman–Crippen LogP) is 0.177. The Morgan fingerprint density at radius 1 is 1.09 bits per heavy atom. The van der Waals surface area contributed by atoms with Gasteiger partial charge in [0.25, 0.3) is 6.29 Å². The Morgan fingerprint density at radius 2 is 1.83 bits per heavy atom. The number of aliphatic hydroxyl groups is 4. The van der Waals surface area contributed by atoms with Crippen LogP contribution < -0.4 is 4.84 Å². The third-order valence-corrected chi connectivity index (χ3v) is 4.57. The topological polar surface area (TPSA) is 104 Å². The number of halogens is 2. The van der Waals surface area contributed by atoms with Gasteiger partial charge in [-0.25, -0.2) is 0 Å². The van der Waals surface area contributed by atoms with Crippen molar-refractivity contribution in [1.82, 2.24) is 4.73 Å². The molecule has 4 N–H and O–H groups in total. The van der Waals surface area contributed by atoms with Crippen LogP contribution in [0, 0.1) is 0 Å². The fraction of sp³-hybridized carbons (Fsp3) is 0.429. The molecule has 126 valence electrons.